The molecule has 1 fully saturated rings. The van der Waals surface area contributed by atoms with Gasteiger partial charge < -0.3 is 20.1 Å². The number of carbonyl (C=O) groups excluding carboxylic acids is 2. The van der Waals surface area contributed by atoms with Crippen LogP contribution in [0.4, 0.5) is 5.69 Å². The molecule has 2 atom stereocenters. The maximum absolute atomic E-state index is 13.2. The SMILES string of the molecule is CN(C)c1ccc([C@@H](CNC(=O)[C@H]2CC(=O)N(Cc3ccccc3)C2)c2c[nH]c3ccccc23)cc1. The van der Waals surface area contributed by atoms with Gasteiger partial charge in [0.2, 0.25) is 11.8 Å². The topological polar surface area (TPSA) is 68.4 Å². The first-order chi connectivity index (χ1) is 17.5. The Labute approximate surface area is 211 Å². The van der Waals surface area contributed by atoms with Crippen LogP contribution >= 0.6 is 0 Å². The van der Waals surface area contributed by atoms with Gasteiger partial charge in [0, 0.05) is 68.9 Å². The molecular weight excluding hydrogens is 448 g/mol. The standard InChI is InChI=1S/C30H32N4O2/c1-33(2)24-14-12-22(13-15-24)26(27-18-31-28-11-7-6-10-25(27)28)17-32-30(36)23-16-29(35)34(20-23)19-21-8-4-3-5-9-21/h3-15,18,23,26,31H,16-17,19-20H2,1-2H3,(H,32,36)/t23-,26+/m0/s1. The molecule has 36 heavy (non-hydrogen) atoms. The number of H-pyrrole nitrogens is 1. The van der Waals surface area contributed by atoms with E-state index in [0.717, 1.165) is 33.3 Å². The van der Waals surface area contributed by atoms with Crippen molar-refractivity contribution in [2.24, 2.45) is 5.92 Å². The summed E-state index contributed by atoms with van der Waals surface area (Å²) in [6.45, 7) is 1.46. The highest BCUT2D eigenvalue weighted by molar-refractivity contribution is 5.89. The lowest BCUT2D eigenvalue weighted by Gasteiger charge is -2.21. The highest BCUT2D eigenvalue weighted by Gasteiger charge is 2.34. The number of benzene rings is 3. The Morgan fingerprint density at radius 2 is 1.75 bits per heavy atom. The second-order valence-corrected chi connectivity index (χ2v) is 9.73. The Morgan fingerprint density at radius 1 is 1.03 bits per heavy atom. The smallest absolute Gasteiger partial charge is 0.225 e. The third-order valence-corrected chi connectivity index (χ3v) is 7.09. The van der Waals surface area contributed by atoms with Gasteiger partial charge in [-0.1, -0.05) is 60.7 Å². The van der Waals surface area contributed by atoms with E-state index in [1.54, 1.807) is 4.90 Å². The molecule has 0 spiro atoms. The molecule has 1 aromatic heterocycles. The van der Waals surface area contributed by atoms with Gasteiger partial charge in [-0.2, -0.15) is 0 Å². The Hall–Kier alpha value is -4.06. The van der Waals surface area contributed by atoms with Crippen LogP contribution in [-0.4, -0.2) is 48.9 Å². The number of hydrogen-bond acceptors (Lipinski definition) is 3. The fourth-order valence-electron chi connectivity index (χ4n) is 5.05. The number of hydrogen-bond donors (Lipinski definition) is 2. The summed E-state index contributed by atoms with van der Waals surface area (Å²) >= 11 is 0. The molecule has 6 heteroatoms. The van der Waals surface area contributed by atoms with Crippen molar-refractivity contribution in [3.8, 4) is 0 Å². The van der Waals surface area contributed by atoms with E-state index in [2.05, 4.69) is 51.6 Å². The van der Waals surface area contributed by atoms with E-state index < -0.39 is 0 Å². The number of carbonyl (C=O) groups is 2. The number of nitrogens with one attached hydrogen (secondary N) is 2. The second kappa shape index (κ2) is 10.3. The van der Waals surface area contributed by atoms with Crippen LogP contribution in [0.1, 0.15) is 29.0 Å². The normalized spacial score (nSPS) is 16.3. The first-order valence-electron chi connectivity index (χ1n) is 12.4. The van der Waals surface area contributed by atoms with Crippen molar-refractivity contribution in [2.75, 3.05) is 32.1 Å². The highest BCUT2D eigenvalue weighted by atomic mass is 16.2. The summed E-state index contributed by atoms with van der Waals surface area (Å²) in [6, 6.07) is 26.6. The molecule has 2 N–H and O–H groups in total. The molecule has 1 aliphatic heterocycles. The number of fused-ring (bicyclic) bond motifs is 1. The molecule has 184 valence electrons. The van der Waals surface area contributed by atoms with E-state index in [4.69, 9.17) is 0 Å². The maximum Gasteiger partial charge on any atom is 0.225 e. The van der Waals surface area contributed by atoms with Crippen molar-refractivity contribution in [1.29, 1.82) is 0 Å². The second-order valence-electron chi connectivity index (χ2n) is 9.73. The van der Waals surface area contributed by atoms with Gasteiger partial charge in [0.25, 0.3) is 0 Å². The summed E-state index contributed by atoms with van der Waals surface area (Å²) in [4.78, 5) is 33.0. The predicted molar refractivity (Wildman–Crippen MR) is 144 cm³/mol. The van der Waals surface area contributed by atoms with Crippen molar-refractivity contribution >= 4 is 28.4 Å². The first kappa shape index (κ1) is 23.7. The van der Waals surface area contributed by atoms with Crippen molar-refractivity contribution in [2.45, 2.75) is 18.9 Å². The van der Waals surface area contributed by atoms with Gasteiger partial charge in [0.1, 0.15) is 0 Å². The maximum atomic E-state index is 13.2. The van der Waals surface area contributed by atoms with Crippen molar-refractivity contribution in [3.05, 3.63) is 102 Å². The van der Waals surface area contributed by atoms with Gasteiger partial charge in [-0.15, -0.1) is 0 Å². The van der Waals surface area contributed by atoms with Gasteiger partial charge >= 0.3 is 0 Å². The van der Waals surface area contributed by atoms with Gasteiger partial charge in [-0.25, -0.2) is 0 Å². The average Bonchev–Trinajstić information content (AvgIpc) is 3.49. The van der Waals surface area contributed by atoms with Gasteiger partial charge in [0.05, 0.1) is 5.92 Å². The van der Waals surface area contributed by atoms with Crippen LogP contribution in [-0.2, 0) is 16.1 Å². The number of likely N-dealkylation sites (tertiary alicyclic amines) is 1. The molecule has 0 bridgehead atoms. The molecule has 1 saturated heterocycles. The van der Waals surface area contributed by atoms with Crippen molar-refractivity contribution in [1.82, 2.24) is 15.2 Å². The van der Waals surface area contributed by atoms with E-state index in [1.165, 1.54) is 0 Å². The highest BCUT2D eigenvalue weighted by Crippen LogP contribution is 2.32. The Morgan fingerprint density at radius 3 is 2.50 bits per heavy atom. The Balaban J connectivity index is 1.32. The molecule has 0 unspecified atom stereocenters. The summed E-state index contributed by atoms with van der Waals surface area (Å²) < 4.78 is 0. The van der Waals surface area contributed by atoms with Crippen LogP contribution in [0.3, 0.4) is 0 Å². The number of para-hydroxylation sites is 1. The number of amides is 2. The van der Waals surface area contributed by atoms with Crippen LogP contribution in [0.2, 0.25) is 0 Å². The molecule has 0 aliphatic carbocycles. The summed E-state index contributed by atoms with van der Waals surface area (Å²) in [6.07, 6.45) is 2.30. The molecule has 1 aliphatic rings. The fourth-order valence-corrected chi connectivity index (χ4v) is 5.05. The minimum Gasteiger partial charge on any atom is -0.378 e. The van der Waals surface area contributed by atoms with Crippen LogP contribution < -0.4 is 10.2 Å². The number of anilines is 1. The summed E-state index contributed by atoms with van der Waals surface area (Å²) in [7, 11) is 4.05. The Bertz CT molecular complexity index is 1340. The molecule has 4 aromatic rings. The zero-order chi connectivity index (χ0) is 25.1. The zero-order valence-corrected chi connectivity index (χ0v) is 20.8. The first-order valence-corrected chi connectivity index (χ1v) is 12.4. The van der Waals surface area contributed by atoms with Crippen molar-refractivity contribution < 1.29 is 9.59 Å². The third kappa shape index (κ3) is 4.98. The number of aromatic nitrogens is 1. The molecule has 5 rings (SSSR count). The van der Waals surface area contributed by atoms with E-state index in [0.29, 0.717) is 19.6 Å². The van der Waals surface area contributed by atoms with Gasteiger partial charge in [-0.3, -0.25) is 9.59 Å². The fraction of sp³-hybridized carbons (Fsp3) is 0.267. The summed E-state index contributed by atoms with van der Waals surface area (Å²) in [5.41, 5.74) is 5.57. The summed E-state index contributed by atoms with van der Waals surface area (Å²) in [5, 5.41) is 4.33. The van der Waals surface area contributed by atoms with E-state index in [-0.39, 0.29) is 30.1 Å². The van der Waals surface area contributed by atoms with Gasteiger partial charge in [-0.05, 0) is 34.9 Å². The van der Waals surface area contributed by atoms with E-state index in [1.807, 2.05) is 62.8 Å². The lowest BCUT2D eigenvalue weighted by Crippen LogP contribution is -2.35. The number of rotatable bonds is 8. The van der Waals surface area contributed by atoms with Crippen LogP contribution in [0.15, 0.2) is 85.1 Å². The molecule has 0 radical (unpaired) electrons. The average molecular weight is 481 g/mol. The molecule has 3 aromatic carbocycles. The monoisotopic (exact) mass is 480 g/mol. The minimum atomic E-state index is -0.332. The van der Waals surface area contributed by atoms with E-state index in [9.17, 15) is 9.59 Å². The molecule has 0 saturated carbocycles. The zero-order valence-electron chi connectivity index (χ0n) is 20.8. The molecule has 2 heterocycles. The summed E-state index contributed by atoms with van der Waals surface area (Å²) in [5.74, 6) is -0.375. The van der Waals surface area contributed by atoms with Gasteiger partial charge in [0.15, 0.2) is 0 Å². The van der Waals surface area contributed by atoms with Crippen molar-refractivity contribution in [3.63, 3.8) is 0 Å². The number of nitrogens with zero attached hydrogens (tertiary/aromatic N) is 2. The lowest BCUT2D eigenvalue weighted by molar-refractivity contribution is -0.129. The predicted octanol–water partition coefficient (Wildman–Crippen LogP) is 4.53. The molecule has 2 amide bonds. The molecular formula is C30H32N4O2. The Kier molecular flexibility index (Phi) is 6.76. The van der Waals surface area contributed by atoms with Crippen LogP contribution in [0, 0.1) is 5.92 Å². The van der Waals surface area contributed by atoms with Crippen LogP contribution in [0.5, 0.6) is 0 Å². The lowest BCUT2D eigenvalue weighted by atomic mass is 9.90. The quantitative estimate of drug-likeness (QED) is 0.389. The van der Waals surface area contributed by atoms with E-state index >= 15 is 0 Å². The third-order valence-electron chi connectivity index (χ3n) is 7.09. The largest absolute Gasteiger partial charge is 0.378 e. The minimum absolute atomic E-state index is 0.0150. The number of aromatic amines is 1. The van der Waals surface area contributed by atoms with Crippen LogP contribution in [0.25, 0.3) is 10.9 Å². The molecule has 6 nitrogen and oxygen atoms in total.